The largest absolute Gasteiger partial charge is 0.314 e. The van der Waals surface area contributed by atoms with Crippen molar-refractivity contribution >= 4 is 0 Å². The fraction of sp³-hybridized carbons (Fsp3) is 1.00. The summed E-state index contributed by atoms with van der Waals surface area (Å²) in [6.07, 6.45) is 1.25. The van der Waals surface area contributed by atoms with Gasteiger partial charge in [-0.1, -0.05) is 20.3 Å². The minimum Gasteiger partial charge on any atom is -0.314 e. The summed E-state index contributed by atoms with van der Waals surface area (Å²) >= 11 is 0. The average molecular weight is 192 g/mol. The highest BCUT2D eigenvalue weighted by Crippen LogP contribution is 2.29. The third-order valence-corrected chi connectivity index (χ3v) is 2.15. The Balaban J connectivity index is 0.000000251. The zero-order valence-corrected chi connectivity index (χ0v) is 8.32. The smallest absolute Gasteiger partial charge is 0.272 e. The lowest BCUT2D eigenvalue weighted by molar-refractivity contribution is -0.151. The minimum atomic E-state index is -2.39. The van der Waals surface area contributed by atoms with Crippen molar-refractivity contribution in [3.63, 3.8) is 0 Å². The first kappa shape index (κ1) is 10.9. The average Bonchev–Trinajstić information content (AvgIpc) is 1.80. The van der Waals surface area contributed by atoms with Gasteiger partial charge in [0.05, 0.1) is 13.1 Å². The van der Waals surface area contributed by atoms with Crippen LogP contribution in [0.5, 0.6) is 0 Å². The molecule has 13 heavy (non-hydrogen) atoms. The number of hydrogen-bond acceptors (Lipinski definition) is 2. The van der Waals surface area contributed by atoms with E-state index in [1.165, 1.54) is 6.42 Å². The van der Waals surface area contributed by atoms with E-state index >= 15 is 0 Å². The van der Waals surface area contributed by atoms with Crippen LogP contribution in [0.2, 0.25) is 0 Å². The molecule has 2 saturated heterocycles. The molecule has 0 amide bonds. The number of hydrogen-bond donors (Lipinski definition) is 1. The first-order chi connectivity index (χ1) is 6.09. The van der Waals surface area contributed by atoms with E-state index in [1.54, 1.807) is 0 Å². The molecule has 0 saturated carbocycles. The van der Waals surface area contributed by atoms with Crippen molar-refractivity contribution in [2.75, 3.05) is 26.2 Å². The van der Waals surface area contributed by atoms with Gasteiger partial charge in [-0.25, -0.2) is 8.78 Å². The molecule has 0 aromatic rings. The summed E-state index contributed by atoms with van der Waals surface area (Å²) in [6.45, 7) is 5.96. The summed E-state index contributed by atoms with van der Waals surface area (Å²) in [5.41, 5.74) is 0. The van der Waals surface area contributed by atoms with E-state index in [0.29, 0.717) is 6.04 Å². The predicted octanol–water partition coefficient (Wildman–Crippen LogP) is 1.33. The van der Waals surface area contributed by atoms with Crippen LogP contribution in [0.15, 0.2) is 0 Å². The van der Waals surface area contributed by atoms with Gasteiger partial charge in [0.1, 0.15) is 0 Å². The van der Waals surface area contributed by atoms with Gasteiger partial charge in [0, 0.05) is 19.1 Å². The van der Waals surface area contributed by atoms with Crippen molar-refractivity contribution in [3.05, 3.63) is 0 Å². The van der Waals surface area contributed by atoms with Crippen LogP contribution in [0.3, 0.4) is 0 Å². The van der Waals surface area contributed by atoms with Crippen molar-refractivity contribution in [3.8, 4) is 0 Å². The predicted molar refractivity (Wildman–Crippen MR) is 49.1 cm³/mol. The second kappa shape index (κ2) is 4.33. The van der Waals surface area contributed by atoms with Gasteiger partial charge in [0.15, 0.2) is 0 Å². The highest BCUT2D eigenvalue weighted by molar-refractivity contribution is 4.96. The third-order valence-electron chi connectivity index (χ3n) is 2.15. The SMILES string of the molecule is CCC.FC1(F)CN(C2CNC2)C1. The molecular formula is C9H18F2N2. The molecule has 0 aromatic carbocycles. The molecule has 2 fully saturated rings. The second-order valence-corrected chi connectivity index (χ2v) is 3.78. The zero-order valence-electron chi connectivity index (χ0n) is 8.32. The lowest BCUT2D eigenvalue weighted by Crippen LogP contribution is -2.68. The van der Waals surface area contributed by atoms with Gasteiger partial charge in [-0.2, -0.15) is 0 Å². The molecule has 4 heteroatoms. The molecule has 2 aliphatic heterocycles. The molecule has 0 bridgehead atoms. The molecule has 0 aliphatic carbocycles. The maximum Gasteiger partial charge on any atom is 0.272 e. The van der Waals surface area contributed by atoms with Crippen molar-refractivity contribution in [2.45, 2.75) is 32.2 Å². The van der Waals surface area contributed by atoms with E-state index in [0.717, 1.165) is 13.1 Å². The van der Waals surface area contributed by atoms with Gasteiger partial charge in [-0.05, 0) is 0 Å². The van der Waals surface area contributed by atoms with Crippen LogP contribution in [0, 0.1) is 0 Å². The standard InChI is InChI=1S/C6H10F2N2.C3H8/c7-6(8)3-10(4-6)5-1-9-2-5;1-3-2/h5,9H,1-4H2;3H2,1-2H3. The van der Waals surface area contributed by atoms with Crippen LogP contribution in [-0.4, -0.2) is 43.0 Å². The van der Waals surface area contributed by atoms with Crippen LogP contribution >= 0.6 is 0 Å². The van der Waals surface area contributed by atoms with Crippen LogP contribution in [-0.2, 0) is 0 Å². The number of rotatable bonds is 1. The second-order valence-electron chi connectivity index (χ2n) is 3.78. The van der Waals surface area contributed by atoms with Crippen molar-refractivity contribution in [1.82, 2.24) is 10.2 Å². The molecule has 2 aliphatic rings. The number of halogens is 2. The van der Waals surface area contributed by atoms with Crippen LogP contribution < -0.4 is 5.32 Å². The molecule has 0 atom stereocenters. The Kier molecular flexibility index (Phi) is 3.62. The van der Waals surface area contributed by atoms with Gasteiger partial charge in [0.2, 0.25) is 0 Å². The summed E-state index contributed by atoms with van der Waals surface area (Å²) < 4.78 is 24.5. The lowest BCUT2D eigenvalue weighted by atomic mass is 10.0. The van der Waals surface area contributed by atoms with E-state index in [2.05, 4.69) is 19.2 Å². The Morgan fingerprint density at radius 3 is 2.00 bits per heavy atom. The molecular weight excluding hydrogens is 174 g/mol. The summed E-state index contributed by atoms with van der Waals surface area (Å²) in [5, 5.41) is 3.05. The van der Waals surface area contributed by atoms with E-state index < -0.39 is 5.92 Å². The van der Waals surface area contributed by atoms with Crippen LogP contribution in [0.25, 0.3) is 0 Å². The first-order valence-electron chi connectivity index (χ1n) is 4.91. The van der Waals surface area contributed by atoms with Crippen molar-refractivity contribution in [1.29, 1.82) is 0 Å². The highest BCUT2D eigenvalue weighted by Gasteiger charge is 2.47. The number of alkyl halides is 2. The fourth-order valence-corrected chi connectivity index (χ4v) is 1.34. The molecule has 78 valence electrons. The Morgan fingerprint density at radius 1 is 1.31 bits per heavy atom. The first-order valence-corrected chi connectivity index (χ1v) is 4.91. The van der Waals surface area contributed by atoms with Gasteiger partial charge in [0.25, 0.3) is 5.92 Å². The Bertz CT molecular complexity index is 150. The molecule has 0 aromatic heterocycles. The molecule has 2 rings (SSSR count). The van der Waals surface area contributed by atoms with Gasteiger partial charge < -0.3 is 5.32 Å². The fourth-order valence-electron chi connectivity index (χ4n) is 1.34. The van der Waals surface area contributed by atoms with E-state index in [1.807, 2.05) is 4.90 Å². The quantitative estimate of drug-likeness (QED) is 0.674. The Hall–Kier alpha value is -0.220. The monoisotopic (exact) mass is 192 g/mol. The van der Waals surface area contributed by atoms with Crippen LogP contribution in [0.4, 0.5) is 8.78 Å². The van der Waals surface area contributed by atoms with Gasteiger partial charge in [-0.3, -0.25) is 4.90 Å². The summed E-state index contributed by atoms with van der Waals surface area (Å²) in [5.74, 6) is -2.39. The Labute approximate surface area is 78.3 Å². The topological polar surface area (TPSA) is 15.3 Å². The lowest BCUT2D eigenvalue weighted by Gasteiger charge is -2.47. The van der Waals surface area contributed by atoms with E-state index in [-0.39, 0.29) is 13.1 Å². The molecule has 0 unspecified atom stereocenters. The van der Waals surface area contributed by atoms with Gasteiger partial charge in [-0.15, -0.1) is 0 Å². The molecule has 1 N–H and O–H groups in total. The summed E-state index contributed by atoms with van der Waals surface area (Å²) in [4.78, 5) is 1.83. The molecule has 0 spiro atoms. The van der Waals surface area contributed by atoms with Crippen molar-refractivity contribution in [2.24, 2.45) is 0 Å². The maximum absolute atomic E-state index is 12.2. The van der Waals surface area contributed by atoms with Crippen LogP contribution in [0.1, 0.15) is 20.3 Å². The maximum atomic E-state index is 12.2. The summed E-state index contributed by atoms with van der Waals surface area (Å²) in [6, 6.07) is 0.389. The molecule has 2 nitrogen and oxygen atoms in total. The highest BCUT2D eigenvalue weighted by atomic mass is 19.3. The van der Waals surface area contributed by atoms with Crippen molar-refractivity contribution < 1.29 is 8.78 Å². The van der Waals surface area contributed by atoms with E-state index in [9.17, 15) is 8.78 Å². The molecule has 2 heterocycles. The number of nitrogens with one attached hydrogen (secondary N) is 1. The molecule has 0 radical (unpaired) electrons. The number of likely N-dealkylation sites (tertiary alicyclic amines) is 1. The third kappa shape index (κ3) is 2.88. The zero-order chi connectivity index (χ0) is 9.90. The van der Waals surface area contributed by atoms with E-state index in [4.69, 9.17) is 0 Å². The minimum absolute atomic E-state index is 0.0284. The van der Waals surface area contributed by atoms with Gasteiger partial charge >= 0.3 is 0 Å². The number of nitrogens with zero attached hydrogens (tertiary/aromatic N) is 1. The normalized spacial score (nSPS) is 26.8. The summed E-state index contributed by atoms with van der Waals surface area (Å²) in [7, 11) is 0. The Morgan fingerprint density at radius 2 is 1.77 bits per heavy atom.